The molecular weight excluding hydrogens is 322 g/mol. The van der Waals surface area contributed by atoms with Gasteiger partial charge in [-0.3, -0.25) is 0 Å². The summed E-state index contributed by atoms with van der Waals surface area (Å²) in [5.74, 6) is 0. The molecule has 0 heterocycles. The topological polar surface area (TPSA) is 12.0 Å². The summed E-state index contributed by atoms with van der Waals surface area (Å²) < 4.78 is 1.00. The van der Waals surface area contributed by atoms with E-state index in [2.05, 4.69) is 39.4 Å². The van der Waals surface area contributed by atoms with Gasteiger partial charge in [0, 0.05) is 11.0 Å². The van der Waals surface area contributed by atoms with E-state index >= 15 is 0 Å². The van der Waals surface area contributed by atoms with E-state index in [1.165, 1.54) is 36.0 Å². The fraction of sp³-hybridized carbons (Fsp3) is 0.250. The molecule has 2 aromatic rings. The molecule has 3 rings (SSSR count). The molecule has 0 fully saturated rings. The molecule has 0 unspecified atom stereocenters. The van der Waals surface area contributed by atoms with Crippen LogP contribution in [-0.2, 0) is 19.4 Å². The molecule has 3 heteroatoms. The highest BCUT2D eigenvalue weighted by Crippen LogP contribution is 2.27. The maximum absolute atomic E-state index is 6.20. The minimum absolute atomic E-state index is 0.746. The third-order valence-corrected chi connectivity index (χ3v) is 4.38. The van der Waals surface area contributed by atoms with Crippen molar-refractivity contribution >= 4 is 33.2 Å². The van der Waals surface area contributed by atoms with Crippen molar-refractivity contribution in [1.29, 1.82) is 0 Å². The number of nitrogens with one attached hydrogen (secondary N) is 1. The van der Waals surface area contributed by atoms with Crippen LogP contribution in [0, 0.1) is 0 Å². The van der Waals surface area contributed by atoms with Crippen LogP contribution < -0.4 is 5.32 Å². The van der Waals surface area contributed by atoms with Gasteiger partial charge in [0.2, 0.25) is 0 Å². The first-order valence-electron chi connectivity index (χ1n) is 6.52. The van der Waals surface area contributed by atoms with E-state index in [0.717, 1.165) is 21.7 Å². The Labute approximate surface area is 127 Å². The summed E-state index contributed by atoms with van der Waals surface area (Å²) in [6.45, 7) is 0.814. The fourth-order valence-electron chi connectivity index (χ4n) is 2.57. The number of benzene rings is 2. The van der Waals surface area contributed by atoms with E-state index in [1.807, 2.05) is 18.2 Å². The third kappa shape index (κ3) is 2.96. The van der Waals surface area contributed by atoms with Crippen molar-refractivity contribution in [1.82, 2.24) is 0 Å². The predicted molar refractivity (Wildman–Crippen MR) is 84.9 cm³/mol. The van der Waals surface area contributed by atoms with Crippen LogP contribution in [0.3, 0.4) is 0 Å². The van der Waals surface area contributed by atoms with Gasteiger partial charge in [0.1, 0.15) is 0 Å². The highest BCUT2D eigenvalue weighted by atomic mass is 79.9. The summed E-state index contributed by atoms with van der Waals surface area (Å²) in [6.07, 6.45) is 3.76. The molecule has 19 heavy (non-hydrogen) atoms. The van der Waals surface area contributed by atoms with Crippen molar-refractivity contribution in [2.75, 3.05) is 5.32 Å². The zero-order valence-corrected chi connectivity index (χ0v) is 12.9. The molecule has 0 aromatic heterocycles. The van der Waals surface area contributed by atoms with Gasteiger partial charge in [-0.1, -0.05) is 45.7 Å². The second kappa shape index (κ2) is 5.56. The number of aryl methyl sites for hydroxylation is 2. The lowest BCUT2D eigenvalue weighted by Gasteiger charge is -2.10. The van der Waals surface area contributed by atoms with Gasteiger partial charge in [-0.15, -0.1) is 0 Å². The number of hydrogen-bond acceptors (Lipinski definition) is 1. The SMILES string of the molecule is Clc1cc(Br)ccc1NCc1ccc2c(c1)CCC2. The summed E-state index contributed by atoms with van der Waals surface area (Å²) in [5.41, 5.74) is 5.33. The van der Waals surface area contributed by atoms with Gasteiger partial charge in [0.25, 0.3) is 0 Å². The standard InChI is InChI=1S/C16H15BrClN/c17-14-6-7-16(15(18)9-14)19-10-11-4-5-12-2-1-3-13(12)8-11/h4-9,19H,1-3,10H2. The van der Waals surface area contributed by atoms with Gasteiger partial charge in [-0.2, -0.15) is 0 Å². The van der Waals surface area contributed by atoms with Gasteiger partial charge < -0.3 is 5.32 Å². The van der Waals surface area contributed by atoms with Gasteiger partial charge >= 0.3 is 0 Å². The summed E-state index contributed by atoms with van der Waals surface area (Å²) in [4.78, 5) is 0. The Hall–Kier alpha value is -0.990. The number of halogens is 2. The third-order valence-electron chi connectivity index (χ3n) is 3.58. The zero-order chi connectivity index (χ0) is 13.2. The maximum atomic E-state index is 6.20. The van der Waals surface area contributed by atoms with Crippen LogP contribution in [0.15, 0.2) is 40.9 Å². The lowest BCUT2D eigenvalue weighted by atomic mass is 10.1. The quantitative estimate of drug-likeness (QED) is 0.812. The van der Waals surface area contributed by atoms with Gasteiger partial charge in [0.05, 0.1) is 10.7 Å². The average molecular weight is 337 g/mol. The molecule has 0 radical (unpaired) electrons. The Bertz CT molecular complexity index is 610. The first kappa shape index (κ1) is 13.0. The monoisotopic (exact) mass is 335 g/mol. The van der Waals surface area contributed by atoms with Gasteiger partial charge in [-0.25, -0.2) is 0 Å². The number of rotatable bonds is 3. The van der Waals surface area contributed by atoms with Crippen molar-refractivity contribution in [2.45, 2.75) is 25.8 Å². The van der Waals surface area contributed by atoms with Crippen molar-refractivity contribution in [2.24, 2.45) is 0 Å². The Morgan fingerprint density at radius 2 is 1.89 bits per heavy atom. The summed E-state index contributed by atoms with van der Waals surface area (Å²) >= 11 is 9.61. The zero-order valence-electron chi connectivity index (χ0n) is 10.5. The number of fused-ring (bicyclic) bond motifs is 1. The largest absolute Gasteiger partial charge is 0.380 e. The van der Waals surface area contributed by atoms with E-state index in [4.69, 9.17) is 11.6 Å². The van der Waals surface area contributed by atoms with Crippen molar-refractivity contribution in [3.8, 4) is 0 Å². The average Bonchev–Trinajstić information content (AvgIpc) is 2.85. The second-order valence-corrected chi connectivity index (χ2v) is 6.26. The van der Waals surface area contributed by atoms with Gasteiger partial charge in [-0.05, 0) is 54.2 Å². The first-order chi connectivity index (χ1) is 9.22. The normalized spacial score (nSPS) is 13.4. The molecule has 0 atom stereocenters. The van der Waals surface area contributed by atoms with E-state index in [9.17, 15) is 0 Å². The molecule has 1 N–H and O–H groups in total. The molecule has 1 aliphatic rings. The lowest BCUT2D eigenvalue weighted by Crippen LogP contribution is -2.00. The number of hydrogen-bond donors (Lipinski definition) is 1. The molecule has 0 amide bonds. The van der Waals surface area contributed by atoms with Crippen LogP contribution in [-0.4, -0.2) is 0 Å². The molecule has 98 valence electrons. The van der Waals surface area contributed by atoms with Crippen LogP contribution in [0.5, 0.6) is 0 Å². The van der Waals surface area contributed by atoms with Crippen LogP contribution in [0.2, 0.25) is 5.02 Å². The lowest BCUT2D eigenvalue weighted by molar-refractivity contribution is 0.911. The summed E-state index contributed by atoms with van der Waals surface area (Å²) in [7, 11) is 0. The molecule has 0 spiro atoms. The fourth-order valence-corrected chi connectivity index (χ4v) is 3.31. The van der Waals surface area contributed by atoms with E-state index < -0.39 is 0 Å². The molecule has 0 saturated carbocycles. The Balaban J connectivity index is 1.72. The summed E-state index contributed by atoms with van der Waals surface area (Å²) in [6, 6.07) is 12.7. The summed E-state index contributed by atoms with van der Waals surface area (Å²) in [5, 5.41) is 4.14. The smallest absolute Gasteiger partial charge is 0.0648 e. The van der Waals surface area contributed by atoms with E-state index in [0.29, 0.717) is 0 Å². The highest BCUT2D eigenvalue weighted by molar-refractivity contribution is 9.10. The molecular formula is C16H15BrClN. The minimum atomic E-state index is 0.746. The van der Waals surface area contributed by atoms with Crippen LogP contribution in [0.25, 0.3) is 0 Å². The number of anilines is 1. The van der Waals surface area contributed by atoms with Crippen LogP contribution in [0.1, 0.15) is 23.1 Å². The van der Waals surface area contributed by atoms with Crippen molar-refractivity contribution in [3.05, 3.63) is 62.6 Å². The Morgan fingerprint density at radius 1 is 1.05 bits per heavy atom. The molecule has 1 nitrogen and oxygen atoms in total. The first-order valence-corrected chi connectivity index (χ1v) is 7.69. The predicted octanol–water partition coefficient (Wildman–Crippen LogP) is 5.20. The molecule has 0 saturated heterocycles. The van der Waals surface area contributed by atoms with Crippen molar-refractivity contribution in [3.63, 3.8) is 0 Å². The molecule has 0 aliphatic heterocycles. The van der Waals surface area contributed by atoms with Gasteiger partial charge in [0.15, 0.2) is 0 Å². The van der Waals surface area contributed by atoms with E-state index in [1.54, 1.807) is 0 Å². The molecule has 1 aliphatic carbocycles. The second-order valence-electron chi connectivity index (χ2n) is 4.93. The highest BCUT2D eigenvalue weighted by Gasteiger charge is 2.10. The van der Waals surface area contributed by atoms with Crippen molar-refractivity contribution < 1.29 is 0 Å². The van der Waals surface area contributed by atoms with Crippen LogP contribution >= 0.6 is 27.5 Å². The minimum Gasteiger partial charge on any atom is -0.380 e. The van der Waals surface area contributed by atoms with Crippen LogP contribution in [0.4, 0.5) is 5.69 Å². The molecule has 0 bridgehead atoms. The maximum Gasteiger partial charge on any atom is 0.0648 e. The van der Waals surface area contributed by atoms with E-state index in [-0.39, 0.29) is 0 Å². The Morgan fingerprint density at radius 3 is 2.74 bits per heavy atom. The molecule has 2 aromatic carbocycles. The Kier molecular flexibility index (Phi) is 3.81.